The molecule has 2 aliphatic carbocycles. The van der Waals surface area contributed by atoms with Crippen LogP contribution < -0.4 is 10.6 Å². The van der Waals surface area contributed by atoms with Crippen LogP contribution in [0.5, 0.6) is 0 Å². The highest BCUT2D eigenvalue weighted by atomic mass is 16.2. The molecule has 2 unspecified atom stereocenters. The number of likely N-dealkylation sites (tertiary alicyclic amines) is 1. The van der Waals surface area contributed by atoms with Crippen LogP contribution in [-0.2, 0) is 12.8 Å². The predicted octanol–water partition coefficient (Wildman–Crippen LogP) is 4.61. The SMILES string of the molecule is CN(C)CCC(NC(=O)c1ccc2nc3c(cc2c1)CC(C1(C)CC1)CC3)c1cccc(C(=O)NC2CN(C)C2)c1. The van der Waals surface area contributed by atoms with Crippen LogP contribution in [0.1, 0.15) is 76.2 Å². The van der Waals surface area contributed by atoms with Gasteiger partial charge >= 0.3 is 0 Å². The minimum absolute atomic E-state index is 0.0640. The van der Waals surface area contributed by atoms with Gasteiger partial charge in [0.1, 0.15) is 0 Å². The number of aromatic nitrogens is 1. The summed E-state index contributed by atoms with van der Waals surface area (Å²) >= 11 is 0. The van der Waals surface area contributed by atoms with Gasteiger partial charge in [0.05, 0.1) is 17.6 Å². The molecular weight excluding hydrogens is 510 g/mol. The van der Waals surface area contributed by atoms with Crippen LogP contribution in [-0.4, -0.2) is 73.4 Å². The van der Waals surface area contributed by atoms with E-state index in [9.17, 15) is 9.59 Å². The molecule has 2 atom stereocenters. The topological polar surface area (TPSA) is 77.6 Å². The summed E-state index contributed by atoms with van der Waals surface area (Å²) in [5.41, 5.74) is 6.26. The molecule has 7 nitrogen and oxygen atoms in total. The lowest BCUT2D eigenvalue weighted by molar-refractivity contribution is 0.0857. The summed E-state index contributed by atoms with van der Waals surface area (Å²) < 4.78 is 0. The van der Waals surface area contributed by atoms with Crippen molar-refractivity contribution in [2.24, 2.45) is 11.3 Å². The van der Waals surface area contributed by atoms with Crippen LogP contribution >= 0.6 is 0 Å². The summed E-state index contributed by atoms with van der Waals surface area (Å²) in [4.78, 5) is 35.8. The molecule has 216 valence electrons. The van der Waals surface area contributed by atoms with Crippen molar-refractivity contribution in [2.45, 2.75) is 57.5 Å². The van der Waals surface area contributed by atoms with Crippen molar-refractivity contribution in [1.82, 2.24) is 25.4 Å². The molecule has 0 spiro atoms. The standard InChI is InChI=1S/C34H43N5O2/c1-34(13-14-34)27-9-11-30-26(19-27)18-25-17-24(8-10-29(25)36-30)33(41)37-31(12-15-38(2)3)22-6-5-7-23(16-22)32(40)35-28-20-39(4)21-28/h5-8,10,16-18,27-28,31H,9,11-15,19-21H2,1-4H3,(H,35,40)(H,37,41). The van der Waals surface area contributed by atoms with Crippen LogP contribution in [0, 0.1) is 11.3 Å². The van der Waals surface area contributed by atoms with Crippen molar-refractivity contribution in [2.75, 3.05) is 40.8 Å². The fourth-order valence-electron chi connectivity index (χ4n) is 6.58. The van der Waals surface area contributed by atoms with E-state index >= 15 is 0 Å². The maximum Gasteiger partial charge on any atom is 0.251 e. The van der Waals surface area contributed by atoms with Crippen LogP contribution in [0.25, 0.3) is 10.9 Å². The Morgan fingerprint density at radius 3 is 2.59 bits per heavy atom. The van der Waals surface area contributed by atoms with E-state index in [4.69, 9.17) is 4.98 Å². The number of likely N-dealkylation sites (N-methyl/N-ethyl adjacent to an activating group) is 1. The van der Waals surface area contributed by atoms with Crippen molar-refractivity contribution in [3.8, 4) is 0 Å². The number of nitrogens with one attached hydrogen (secondary N) is 2. The Kier molecular flexibility index (Phi) is 7.60. The quantitative estimate of drug-likeness (QED) is 0.405. The van der Waals surface area contributed by atoms with E-state index in [0.29, 0.717) is 16.5 Å². The average molecular weight is 554 g/mol. The van der Waals surface area contributed by atoms with Crippen molar-refractivity contribution < 1.29 is 9.59 Å². The summed E-state index contributed by atoms with van der Waals surface area (Å²) in [6.45, 7) is 4.99. The molecule has 6 rings (SSSR count). The average Bonchev–Trinajstić information content (AvgIpc) is 3.70. The van der Waals surface area contributed by atoms with Gasteiger partial charge < -0.3 is 20.4 Å². The van der Waals surface area contributed by atoms with Crippen LogP contribution in [0.2, 0.25) is 0 Å². The second-order valence-corrected chi connectivity index (χ2v) is 13.2. The van der Waals surface area contributed by atoms with E-state index in [1.807, 2.05) is 63.6 Å². The Bertz CT molecular complexity index is 1460. The molecule has 0 radical (unpaired) electrons. The van der Waals surface area contributed by atoms with E-state index in [1.165, 1.54) is 30.5 Å². The summed E-state index contributed by atoms with van der Waals surface area (Å²) in [5, 5.41) is 7.43. The third-order valence-electron chi connectivity index (χ3n) is 9.59. The second-order valence-electron chi connectivity index (χ2n) is 13.2. The number of aryl methyl sites for hydroxylation is 1. The van der Waals surface area contributed by atoms with Gasteiger partial charge in [-0.2, -0.15) is 0 Å². The van der Waals surface area contributed by atoms with Gasteiger partial charge in [-0.05, 0) is 125 Å². The number of benzene rings is 2. The van der Waals surface area contributed by atoms with Gasteiger partial charge in [0, 0.05) is 35.3 Å². The molecule has 0 bridgehead atoms. The Labute approximate surface area is 243 Å². The van der Waals surface area contributed by atoms with Crippen molar-refractivity contribution >= 4 is 22.7 Å². The van der Waals surface area contributed by atoms with Gasteiger partial charge in [0.2, 0.25) is 0 Å². The number of hydrogen-bond acceptors (Lipinski definition) is 5. The van der Waals surface area contributed by atoms with Crippen LogP contribution in [0.15, 0.2) is 48.5 Å². The molecule has 2 fully saturated rings. The Morgan fingerprint density at radius 1 is 1.07 bits per heavy atom. The second kappa shape index (κ2) is 11.2. The molecule has 1 aliphatic heterocycles. The molecule has 1 saturated heterocycles. The number of rotatable bonds is 9. The van der Waals surface area contributed by atoms with Crippen LogP contribution in [0.4, 0.5) is 0 Å². The summed E-state index contributed by atoms with van der Waals surface area (Å²) in [6, 6.07) is 15.8. The minimum atomic E-state index is -0.218. The number of carbonyl (C=O) groups excluding carboxylic acids is 2. The summed E-state index contributed by atoms with van der Waals surface area (Å²) in [6.07, 6.45) is 6.81. The van der Waals surface area contributed by atoms with E-state index in [0.717, 1.165) is 61.3 Å². The molecule has 2 aromatic carbocycles. The summed E-state index contributed by atoms with van der Waals surface area (Å²) in [7, 11) is 6.11. The zero-order valence-corrected chi connectivity index (χ0v) is 24.9. The molecule has 3 aromatic rings. The van der Waals surface area contributed by atoms with Crippen molar-refractivity contribution in [1.29, 1.82) is 0 Å². The Morgan fingerprint density at radius 2 is 1.85 bits per heavy atom. The molecule has 3 aliphatic rings. The first-order valence-corrected chi connectivity index (χ1v) is 15.1. The summed E-state index contributed by atoms with van der Waals surface area (Å²) in [5.74, 6) is 0.570. The van der Waals surface area contributed by atoms with E-state index in [2.05, 4.69) is 33.4 Å². The van der Waals surface area contributed by atoms with Gasteiger partial charge in [-0.3, -0.25) is 14.6 Å². The molecule has 2 amide bonds. The molecule has 2 N–H and O–H groups in total. The number of amides is 2. The Balaban J connectivity index is 1.20. The number of nitrogens with zero attached hydrogens (tertiary/aromatic N) is 3. The monoisotopic (exact) mass is 553 g/mol. The highest BCUT2D eigenvalue weighted by Crippen LogP contribution is 2.55. The number of pyridine rings is 1. The number of fused-ring (bicyclic) bond motifs is 2. The molecule has 1 aromatic heterocycles. The lowest BCUT2D eigenvalue weighted by atomic mass is 9.77. The van der Waals surface area contributed by atoms with Gasteiger partial charge in [0.15, 0.2) is 0 Å². The smallest absolute Gasteiger partial charge is 0.251 e. The first kappa shape index (κ1) is 27.9. The third-order valence-corrected chi connectivity index (χ3v) is 9.59. The predicted molar refractivity (Wildman–Crippen MR) is 163 cm³/mol. The van der Waals surface area contributed by atoms with Gasteiger partial charge in [-0.25, -0.2) is 0 Å². The van der Waals surface area contributed by atoms with Gasteiger partial charge in [-0.1, -0.05) is 19.1 Å². The third kappa shape index (κ3) is 6.16. The van der Waals surface area contributed by atoms with Crippen LogP contribution in [0.3, 0.4) is 0 Å². The fraction of sp³-hybridized carbons (Fsp3) is 0.500. The molecule has 41 heavy (non-hydrogen) atoms. The normalized spacial score (nSPS) is 20.8. The number of carbonyl (C=O) groups is 2. The fourth-order valence-corrected chi connectivity index (χ4v) is 6.58. The minimum Gasteiger partial charge on any atom is -0.347 e. The molecular formula is C34H43N5O2. The molecule has 1 saturated carbocycles. The zero-order chi connectivity index (χ0) is 28.7. The zero-order valence-electron chi connectivity index (χ0n) is 24.9. The molecule has 2 heterocycles. The highest BCUT2D eigenvalue weighted by molar-refractivity contribution is 5.98. The largest absolute Gasteiger partial charge is 0.347 e. The van der Waals surface area contributed by atoms with Crippen molar-refractivity contribution in [3.05, 3.63) is 76.5 Å². The van der Waals surface area contributed by atoms with Crippen molar-refractivity contribution in [3.63, 3.8) is 0 Å². The lowest BCUT2D eigenvalue weighted by Gasteiger charge is -2.36. The van der Waals surface area contributed by atoms with E-state index in [-0.39, 0.29) is 23.9 Å². The van der Waals surface area contributed by atoms with E-state index in [1.54, 1.807) is 0 Å². The lowest BCUT2D eigenvalue weighted by Crippen LogP contribution is -2.57. The van der Waals surface area contributed by atoms with Gasteiger partial charge in [0.25, 0.3) is 11.8 Å². The van der Waals surface area contributed by atoms with E-state index < -0.39 is 0 Å². The maximum atomic E-state index is 13.6. The highest BCUT2D eigenvalue weighted by Gasteiger charge is 2.45. The van der Waals surface area contributed by atoms with Gasteiger partial charge in [-0.15, -0.1) is 0 Å². The first-order valence-electron chi connectivity index (χ1n) is 15.1. The maximum absolute atomic E-state index is 13.6. The number of hydrogen-bond donors (Lipinski definition) is 2. The molecule has 7 heteroatoms. The first-order chi connectivity index (χ1) is 19.7. The Hall–Kier alpha value is -3.29.